The van der Waals surface area contributed by atoms with E-state index in [0.29, 0.717) is 19.7 Å². The highest BCUT2D eigenvalue weighted by atomic mass is 35.5. The molecule has 1 saturated heterocycles. The van der Waals surface area contributed by atoms with Crippen molar-refractivity contribution in [2.45, 2.75) is 30.1 Å². The summed E-state index contributed by atoms with van der Waals surface area (Å²) >= 11 is 6.67. The van der Waals surface area contributed by atoms with E-state index in [0.717, 1.165) is 24.2 Å². The Hall–Kier alpha value is -0.210. The van der Waals surface area contributed by atoms with E-state index in [1.807, 2.05) is 6.92 Å². The van der Waals surface area contributed by atoms with Gasteiger partial charge in [0, 0.05) is 19.7 Å². The number of rotatable bonds is 4. The van der Waals surface area contributed by atoms with Crippen molar-refractivity contribution in [3.05, 3.63) is 10.7 Å². The second-order valence-electron chi connectivity index (χ2n) is 4.01. The van der Waals surface area contributed by atoms with E-state index in [1.54, 1.807) is 0 Å². The molecule has 1 atom stereocenters. The molecule has 2 rings (SSSR count). The molecular formula is C10H15ClN2O3S2. The molecule has 8 heteroatoms. The van der Waals surface area contributed by atoms with E-state index in [9.17, 15) is 8.42 Å². The normalized spacial score (nSPS) is 22.2. The van der Waals surface area contributed by atoms with E-state index in [1.165, 1.54) is 10.5 Å². The third kappa shape index (κ3) is 3.03. The second-order valence-corrected chi connectivity index (χ2v) is 7.79. The van der Waals surface area contributed by atoms with Gasteiger partial charge >= 0.3 is 0 Å². The Morgan fingerprint density at radius 1 is 1.67 bits per heavy atom. The summed E-state index contributed by atoms with van der Waals surface area (Å²) in [5.74, 6) is 0. The first-order valence-corrected chi connectivity index (χ1v) is 8.40. The van der Waals surface area contributed by atoms with Crippen LogP contribution in [0, 0.1) is 0 Å². The van der Waals surface area contributed by atoms with E-state index in [4.69, 9.17) is 16.3 Å². The molecule has 1 fully saturated rings. The molecule has 0 aliphatic carbocycles. The number of thiazole rings is 1. The highest BCUT2D eigenvalue weighted by Gasteiger charge is 2.31. The van der Waals surface area contributed by atoms with Crippen LogP contribution in [0.15, 0.2) is 10.4 Å². The van der Waals surface area contributed by atoms with Crippen molar-refractivity contribution in [3.63, 3.8) is 0 Å². The highest BCUT2D eigenvalue weighted by Crippen LogP contribution is 2.27. The van der Waals surface area contributed by atoms with E-state index in [2.05, 4.69) is 4.98 Å². The van der Waals surface area contributed by atoms with E-state index >= 15 is 0 Å². The minimum Gasteiger partial charge on any atom is -0.377 e. The Bertz CT molecular complexity index is 501. The Balaban J connectivity index is 2.15. The van der Waals surface area contributed by atoms with Crippen LogP contribution in [0.5, 0.6) is 0 Å². The van der Waals surface area contributed by atoms with Gasteiger partial charge in [-0.3, -0.25) is 0 Å². The molecule has 1 aromatic heterocycles. The lowest BCUT2D eigenvalue weighted by Gasteiger charge is -2.31. The van der Waals surface area contributed by atoms with Crippen LogP contribution in [-0.4, -0.2) is 43.5 Å². The maximum atomic E-state index is 12.3. The molecule has 0 bridgehead atoms. The van der Waals surface area contributed by atoms with Crippen molar-refractivity contribution in [3.8, 4) is 0 Å². The molecule has 102 valence electrons. The molecule has 0 N–H and O–H groups in total. The lowest BCUT2D eigenvalue weighted by atomic mass is 10.1. The number of halogens is 1. The number of sulfonamides is 1. The van der Waals surface area contributed by atoms with Gasteiger partial charge in [-0.1, -0.05) is 22.9 Å². The van der Waals surface area contributed by atoms with Gasteiger partial charge in [-0.15, -0.1) is 0 Å². The van der Waals surface area contributed by atoms with Crippen LogP contribution in [-0.2, 0) is 14.8 Å². The SMILES string of the molecule is CCOC1CCCN(S(=O)(=O)c2cnc(Cl)s2)C1. The molecule has 1 aromatic rings. The lowest BCUT2D eigenvalue weighted by Crippen LogP contribution is -2.42. The molecule has 0 aromatic carbocycles. The predicted molar refractivity (Wildman–Crippen MR) is 70.5 cm³/mol. The number of piperidine rings is 1. The van der Waals surface area contributed by atoms with Gasteiger partial charge in [0.25, 0.3) is 10.0 Å². The Labute approximate surface area is 116 Å². The predicted octanol–water partition coefficient (Wildman–Crippen LogP) is 1.99. The van der Waals surface area contributed by atoms with Crippen molar-refractivity contribution in [2.24, 2.45) is 0 Å². The van der Waals surface area contributed by atoms with Crippen molar-refractivity contribution >= 4 is 33.0 Å². The van der Waals surface area contributed by atoms with E-state index in [-0.39, 0.29) is 14.8 Å². The molecule has 0 amide bonds. The van der Waals surface area contributed by atoms with Crippen LogP contribution < -0.4 is 0 Å². The fraction of sp³-hybridized carbons (Fsp3) is 0.700. The highest BCUT2D eigenvalue weighted by molar-refractivity contribution is 7.91. The van der Waals surface area contributed by atoms with Gasteiger partial charge in [-0.2, -0.15) is 4.31 Å². The summed E-state index contributed by atoms with van der Waals surface area (Å²) in [5, 5.41) is 0. The summed E-state index contributed by atoms with van der Waals surface area (Å²) in [4.78, 5) is 3.78. The summed E-state index contributed by atoms with van der Waals surface area (Å²) in [7, 11) is -3.47. The van der Waals surface area contributed by atoms with Gasteiger partial charge in [0.15, 0.2) is 8.68 Å². The monoisotopic (exact) mass is 310 g/mol. The maximum Gasteiger partial charge on any atom is 0.254 e. The molecule has 0 saturated carbocycles. The fourth-order valence-corrected chi connectivity index (χ4v) is 4.94. The number of aromatic nitrogens is 1. The van der Waals surface area contributed by atoms with Gasteiger partial charge < -0.3 is 4.74 Å². The molecule has 1 aliphatic heterocycles. The lowest BCUT2D eigenvalue weighted by molar-refractivity contribution is 0.0265. The first-order valence-electron chi connectivity index (χ1n) is 5.77. The van der Waals surface area contributed by atoms with Crippen LogP contribution in [0.3, 0.4) is 0 Å². The largest absolute Gasteiger partial charge is 0.377 e. The minimum atomic E-state index is -3.47. The van der Waals surface area contributed by atoms with Crippen LogP contribution in [0.2, 0.25) is 4.47 Å². The van der Waals surface area contributed by atoms with Crippen molar-refractivity contribution in [1.82, 2.24) is 9.29 Å². The van der Waals surface area contributed by atoms with Crippen LogP contribution in [0.25, 0.3) is 0 Å². The van der Waals surface area contributed by atoms with Gasteiger partial charge in [0.1, 0.15) is 0 Å². The Kier molecular flexibility index (Phi) is 4.60. The average Bonchev–Trinajstić information content (AvgIpc) is 2.77. The fourth-order valence-electron chi connectivity index (χ4n) is 1.98. The van der Waals surface area contributed by atoms with Gasteiger partial charge in [-0.05, 0) is 19.8 Å². The zero-order valence-electron chi connectivity index (χ0n) is 10.0. The Morgan fingerprint density at radius 3 is 3.06 bits per heavy atom. The maximum absolute atomic E-state index is 12.3. The molecule has 0 radical (unpaired) electrons. The van der Waals surface area contributed by atoms with Crippen LogP contribution in [0.4, 0.5) is 0 Å². The minimum absolute atomic E-state index is 0.0121. The third-order valence-corrected chi connectivity index (χ3v) is 6.21. The van der Waals surface area contributed by atoms with Crippen LogP contribution in [0.1, 0.15) is 19.8 Å². The molecule has 1 aliphatic rings. The number of ether oxygens (including phenoxy) is 1. The molecule has 18 heavy (non-hydrogen) atoms. The summed E-state index contributed by atoms with van der Waals surface area (Å²) in [6, 6.07) is 0. The average molecular weight is 311 g/mol. The van der Waals surface area contributed by atoms with Crippen molar-refractivity contribution < 1.29 is 13.2 Å². The van der Waals surface area contributed by atoms with Crippen LogP contribution >= 0.6 is 22.9 Å². The smallest absolute Gasteiger partial charge is 0.254 e. The number of nitrogens with zero attached hydrogens (tertiary/aromatic N) is 2. The molecule has 0 spiro atoms. The molecule has 1 unspecified atom stereocenters. The summed E-state index contributed by atoms with van der Waals surface area (Å²) in [6.07, 6.45) is 3.02. The Morgan fingerprint density at radius 2 is 2.44 bits per heavy atom. The number of hydrogen-bond donors (Lipinski definition) is 0. The second kappa shape index (κ2) is 5.83. The van der Waals surface area contributed by atoms with Crippen molar-refractivity contribution in [1.29, 1.82) is 0 Å². The topological polar surface area (TPSA) is 59.5 Å². The number of hydrogen-bond acceptors (Lipinski definition) is 5. The first-order chi connectivity index (χ1) is 8.54. The summed E-state index contributed by atoms with van der Waals surface area (Å²) in [5.41, 5.74) is 0. The summed E-state index contributed by atoms with van der Waals surface area (Å²) < 4.78 is 32.1. The zero-order valence-corrected chi connectivity index (χ0v) is 12.4. The third-order valence-electron chi connectivity index (χ3n) is 2.79. The van der Waals surface area contributed by atoms with E-state index < -0.39 is 10.0 Å². The van der Waals surface area contributed by atoms with Crippen molar-refractivity contribution in [2.75, 3.05) is 19.7 Å². The molecular weight excluding hydrogens is 296 g/mol. The molecule has 5 nitrogen and oxygen atoms in total. The first kappa shape index (κ1) is 14.2. The van der Waals surface area contributed by atoms with Gasteiger partial charge in [-0.25, -0.2) is 13.4 Å². The molecule has 2 heterocycles. The quantitative estimate of drug-likeness (QED) is 0.853. The van der Waals surface area contributed by atoms with Gasteiger partial charge in [0.05, 0.1) is 12.3 Å². The van der Waals surface area contributed by atoms with Gasteiger partial charge in [0.2, 0.25) is 0 Å². The zero-order chi connectivity index (χ0) is 13.2. The summed E-state index contributed by atoms with van der Waals surface area (Å²) in [6.45, 7) is 3.45. The standard InChI is InChI=1S/C10H15ClN2O3S2/c1-2-16-8-4-3-5-13(7-8)18(14,15)9-6-12-10(11)17-9/h6,8H,2-5,7H2,1H3.